The van der Waals surface area contributed by atoms with Gasteiger partial charge in [0.05, 0.1) is 6.10 Å². The molecular weight excluding hydrogens is 179 g/mol. The molecule has 1 fully saturated rings. The van der Waals surface area contributed by atoms with E-state index in [0.29, 0.717) is 11.8 Å². The summed E-state index contributed by atoms with van der Waals surface area (Å²) >= 11 is 0. The summed E-state index contributed by atoms with van der Waals surface area (Å²) in [6.45, 7) is 3.61. The molecule has 0 bridgehead atoms. The van der Waals surface area contributed by atoms with Gasteiger partial charge in [0.2, 0.25) is 0 Å². The van der Waals surface area contributed by atoms with Crippen molar-refractivity contribution in [1.29, 1.82) is 0 Å². The minimum absolute atomic E-state index is 0.140. The molecule has 1 saturated carbocycles. The molecule has 0 saturated heterocycles. The van der Waals surface area contributed by atoms with Crippen molar-refractivity contribution in [2.75, 3.05) is 0 Å². The van der Waals surface area contributed by atoms with Crippen molar-refractivity contribution in [1.82, 2.24) is 0 Å². The van der Waals surface area contributed by atoms with Crippen LogP contribution in [0.1, 0.15) is 30.4 Å². The molecular formula is C12H15FO. The van der Waals surface area contributed by atoms with Crippen LogP contribution >= 0.6 is 0 Å². The predicted molar refractivity (Wildman–Crippen MR) is 53.7 cm³/mol. The average Bonchev–Trinajstić information content (AvgIpc) is 2.89. The third kappa shape index (κ3) is 1.55. The van der Waals surface area contributed by atoms with Crippen molar-refractivity contribution >= 4 is 0 Å². The molecule has 1 aromatic rings. The van der Waals surface area contributed by atoms with Crippen LogP contribution in [0.3, 0.4) is 0 Å². The second-order valence-electron chi connectivity index (χ2n) is 4.20. The summed E-state index contributed by atoms with van der Waals surface area (Å²) in [6.07, 6.45) is 0.713. The maximum absolute atomic E-state index is 13.2. The Kier molecular flexibility index (Phi) is 2.31. The first-order chi connectivity index (χ1) is 6.61. The predicted octanol–water partition coefficient (Wildman–Crippen LogP) is 2.62. The fourth-order valence-electron chi connectivity index (χ4n) is 2.13. The van der Waals surface area contributed by atoms with Gasteiger partial charge >= 0.3 is 0 Å². The molecule has 1 N–H and O–H groups in total. The van der Waals surface area contributed by atoms with E-state index in [9.17, 15) is 9.50 Å². The average molecular weight is 194 g/mol. The summed E-state index contributed by atoms with van der Waals surface area (Å²) in [5, 5.41) is 9.39. The van der Waals surface area contributed by atoms with E-state index in [2.05, 4.69) is 0 Å². The molecule has 2 heteroatoms. The van der Waals surface area contributed by atoms with Crippen LogP contribution in [0.4, 0.5) is 4.39 Å². The molecule has 0 aromatic heterocycles. The Labute approximate surface area is 83.6 Å². The van der Waals surface area contributed by atoms with E-state index in [-0.39, 0.29) is 11.9 Å². The molecule has 0 unspecified atom stereocenters. The molecule has 2 rings (SSSR count). The minimum atomic E-state index is -0.275. The van der Waals surface area contributed by atoms with Crippen LogP contribution in [0.2, 0.25) is 0 Å². The highest BCUT2D eigenvalue weighted by Crippen LogP contribution is 2.50. The lowest BCUT2D eigenvalue weighted by Crippen LogP contribution is -2.04. The highest BCUT2D eigenvalue weighted by Gasteiger charge is 2.42. The lowest BCUT2D eigenvalue weighted by molar-refractivity contribution is 0.169. The third-order valence-electron chi connectivity index (χ3n) is 3.17. The number of aliphatic hydroxyl groups is 1. The van der Waals surface area contributed by atoms with Gasteiger partial charge in [-0.1, -0.05) is 12.1 Å². The lowest BCUT2D eigenvalue weighted by atomic mass is 10.0. The Balaban J connectivity index is 2.23. The largest absolute Gasteiger partial charge is 0.393 e. The summed E-state index contributed by atoms with van der Waals surface area (Å²) in [6, 6.07) is 5.19. The van der Waals surface area contributed by atoms with Crippen LogP contribution < -0.4 is 0 Å². The van der Waals surface area contributed by atoms with Gasteiger partial charge in [-0.05, 0) is 49.3 Å². The van der Waals surface area contributed by atoms with Crippen LogP contribution in [0.25, 0.3) is 0 Å². The first-order valence-electron chi connectivity index (χ1n) is 5.04. The van der Waals surface area contributed by atoms with Crippen molar-refractivity contribution in [3.8, 4) is 0 Å². The summed E-state index contributed by atoms with van der Waals surface area (Å²) in [4.78, 5) is 0. The Morgan fingerprint density at radius 1 is 1.50 bits per heavy atom. The zero-order valence-corrected chi connectivity index (χ0v) is 8.50. The van der Waals surface area contributed by atoms with Crippen molar-refractivity contribution in [2.45, 2.75) is 32.3 Å². The maximum atomic E-state index is 13.2. The summed E-state index contributed by atoms with van der Waals surface area (Å²) in [7, 11) is 0. The Hall–Kier alpha value is -0.890. The lowest BCUT2D eigenvalue weighted by Gasteiger charge is -2.07. The first kappa shape index (κ1) is 9.66. The van der Waals surface area contributed by atoms with Gasteiger partial charge in [-0.15, -0.1) is 0 Å². The number of aliphatic hydroxyl groups excluding tert-OH is 1. The molecule has 0 aliphatic heterocycles. The van der Waals surface area contributed by atoms with E-state index in [1.165, 1.54) is 6.07 Å². The zero-order valence-electron chi connectivity index (χ0n) is 8.50. The molecule has 76 valence electrons. The Morgan fingerprint density at radius 3 is 2.79 bits per heavy atom. The third-order valence-corrected chi connectivity index (χ3v) is 3.17. The highest BCUT2D eigenvalue weighted by molar-refractivity contribution is 5.34. The molecule has 0 radical (unpaired) electrons. The first-order valence-corrected chi connectivity index (χ1v) is 5.04. The molecule has 1 nitrogen and oxygen atoms in total. The molecule has 0 amide bonds. The summed E-state index contributed by atoms with van der Waals surface area (Å²) < 4.78 is 13.2. The SMILES string of the molecule is Cc1c(F)cccc1[C@@H]1C[C@H]1[C@H](C)O. The second kappa shape index (κ2) is 3.35. The number of hydrogen-bond acceptors (Lipinski definition) is 1. The Morgan fingerprint density at radius 2 is 2.21 bits per heavy atom. The molecule has 1 aliphatic rings. The number of hydrogen-bond donors (Lipinski definition) is 1. The molecule has 0 spiro atoms. The zero-order chi connectivity index (χ0) is 10.3. The molecule has 14 heavy (non-hydrogen) atoms. The second-order valence-corrected chi connectivity index (χ2v) is 4.20. The van der Waals surface area contributed by atoms with Gasteiger partial charge in [0.25, 0.3) is 0 Å². The van der Waals surface area contributed by atoms with Gasteiger partial charge in [-0.25, -0.2) is 4.39 Å². The number of halogens is 1. The monoisotopic (exact) mass is 194 g/mol. The number of benzene rings is 1. The van der Waals surface area contributed by atoms with Gasteiger partial charge in [-0.2, -0.15) is 0 Å². The van der Waals surface area contributed by atoms with Gasteiger partial charge < -0.3 is 5.11 Å². The van der Waals surface area contributed by atoms with Crippen LogP contribution in [0, 0.1) is 18.7 Å². The van der Waals surface area contributed by atoms with E-state index in [1.54, 1.807) is 13.0 Å². The normalized spacial score (nSPS) is 27.4. The fourth-order valence-corrected chi connectivity index (χ4v) is 2.13. The van der Waals surface area contributed by atoms with Crippen LogP contribution in [-0.2, 0) is 0 Å². The highest BCUT2D eigenvalue weighted by atomic mass is 19.1. The van der Waals surface area contributed by atoms with Gasteiger partial charge in [-0.3, -0.25) is 0 Å². The molecule has 0 heterocycles. The molecule has 1 aliphatic carbocycles. The van der Waals surface area contributed by atoms with Crippen molar-refractivity contribution in [3.05, 3.63) is 35.1 Å². The Bertz CT molecular complexity index is 346. The van der Waals surface area contributed by atoms with Crippen molar-refractivity contribution in [3.63, 3.8) is 0 Å². The maximum Gasteiger partial charge on any atom is 0.126 e. The smallest absolute Gasteiger partial charge is 0.126 e. The molecule has 1 aromatic carbocycles. The summed E-state index contributed by atoms with van der Waals surface area (Å²) in [5.74, 6) is 0.556. The standard InChI is InChI=1S/C12H15FO/c1-7-9(4-3-5-12(7)13)11-6-10(11)8(2)14/h3-5,8,10-11,14H,6H2,1-2H3/t8-,10-,11-/m0/s1. The van der Waals surface area contributed by atoms with Crippen LogP contribution in [-0.4, -0.2) is 11.2 Å². The van der Waals surface area contributed by atoms with E-state index < -0.39 is 0 Å². The number of rotatable bonds is 2. The topological polar surface area (TPSA) is 20.2 Å². The summed E-state index contributed by atoms with van der Waals surface area (Å²) in [5.41, 5.74) is 1.80. The van der Waals surface area contributed by atoms with E-state index >= 15 is 0 Å². The van der Waals surface area contributed by atoms with Gasteiger partial charge in [0, 0.05) is 0 Å². The van der Waals surface area contributed by atoms with Gasteiger partial charge in [0.15, 0.2) is 0 Å². The van der Waals surface area contributed by atoms with Crippen molar-refractivity contribution < 1.29 is 9.50 Å². The quantitative estimate of drug-likeness (QED) is 0.767. The van der Waals surface area contributed by atoms with Crippen molar-refractivity contribution in [2.24, 2.45) is 5.92 Å². The molecule has 3 atom stereocenters. The van der Waals surface area contributed by atoms with E-state index in [4.69, 9.17) is 0 Å². The minimum Gasteiger partial charge on any atom is -0.393 e. The van der Waals surface area contributed by atoms with E-state index in [1.807, 2.05) is 13.0 Å². The van der Waals surface area contributed by atoms with Crippen LogP contribution in [0.15, 0.2) is 18.2 Å². The van der Waals surface area contributed by atoms with Crippen LogP contribution in [0.5, 0.6) is 0 Å². The van der Waals surface area contributed by atoms with E-state index in [0.717, 1.165) is 17.5 Å². The fraction of sp³-hybridized carbons (Fsp3) is 0.500. The van der Waals surface area contributed by atoms with Gasteiger partial charge in [0.1, 0.15) is 5.82 Å².